The average molecular weight is 302 g/mol. The summed E-state index contributed by atoms with van der Waals surface area (Å²) in [5.41, 5.74) is 0.880. The lowest BCUT2D eigenvalue weighted by Gasteiger charge is -2.41. The molecule has 22 heavy (non-hydrogen) atoms. The van der Waals surface area contributed by atoms with Crippen LogP contribution in [0.3, 0.4) is 0 Å². The number of carbonyl (C=O) groups is 1. The molecule has 114 valence electrons. The highest BCUT2D eigenvalue weighted by atomic mass is 16.6. The van der Waals surface area contributed by atoms with Gasteiger partial charge in [-0.1, -0.05) is 30.3 Å². The molecule has 1 amide bonds. The number of nitro groups is 1. The minimum Gasteiger partial charge on any atom is -0.465 e. The Morgan fingerprint density at radius 1 is 1.36 bits per heavy atom. The second-order valence-corrected chi connectivity index (χ2v) is 5.24. The summed E-state index contributed by atoms with van der Waals surface area (Å²) < 4.78 is 1.55. The van der Waals surface area contributed by atoms with E-state index in [0.29, 0.717) is 13.1 Å². The molecule has 1 fully saturated rings. The van der Waals surface area contributed by atoms with E-state index < -0.39 is 11.0 Å². The number of carboxylic acid groups (broad SMARTS) is 1. The van der Waals surface area contributed by atoms with Crippen LogP contribution in [0.4, 0.5) is 10.5 Å². The van der Waals surface area contributed by atoms with Crippen molar-refractivity contribution < 1.29 is 14.8 Å². The summed E-state index contributed by atoms with van der Waals surface area (Å²) in [5, 5.41) is 23.9. The number of likely N-dealkylation sites (tertiary alicyclic amines) is 1. The maximum Gasteiger partial charge on any atom is 0.407 e. The molecule has 0 spiro atoms. The fourth-order valence-electron chi connectivity index (χ4n) is 2.73. The van der Waals surface area contributed by atoms with E-state index in [0.717, 1.165) is 5.56 Å². The number of nitrogens with zero attached hydrogens (tertiary/aromatic N) is 4. The molecule has 2 heterocycles. The van der Waals surface area contributed by atoms with Crippen LogP contribution in [0.5, 0.6) is 0 Å². The predicted octanol–water partition coefficient (Wildman–Crippen LogP) is 1.99. The molecule has 0 aliphatic carbocycles. The smallest absolute Gasteiger partial charge is 0.407 e. The largest absolute Gasteiger partial charge is 0.465 e. The topological polar surface area (TPSA) is 102 Å². The summed E-state index contributed by atoms with van der Waals surface area (Å²) in [6.07, 6.45) is 1.65. The molecule has 1 aliphatic heterocycles. The van der Waals surface area contributed by atoms with E-state index in [1.807, 2.05) is 30.3 Å². The van der Waals surface area contributed by atoms with Crippen molar-refractivity contribution in [2.24, 2.45) is 5.92 Å². The van der Waals surface area contributed by atoms with Gasteiger partial charge < -0.3 is 10.0 Å². The van der Waals surface area contributed by atoms with Crippen LogP contribution >= 0.6 is 0 Å². The number of hydrogen-bond acceptors (Lipinski definition) is 4. The third kappa shape index (κ3) is 2.50. The van der Waals surface area contributed by atoms with Gasteiger partial charge in [-0.15, -0.1) is 0 Å². The summed E-state index contributed by atoms with van der Waals surface area (Å²) in [4.78, 5) is 22.6. The van der Waals surface area contributed by atoms with E-state index in [1.54, 1.807) is 4.68 Å². The molecule has 1 saturated heterocycles. The summed E-state index contributed by atoms with van der Waals surface area (Å²) in [7, 11) is 0. The Kier molecular flexibility index (Phi) is 3.50. The van der Waals surface area contributed by atoms with Gasteiger partial charge in [0.2, 0.25) is 0 Å². The Balaban J connectivity index is 1.90. The molecule has 1 aromatic carbocycles. The molecule has 0 unspecified atom stereocenters. The molecule has 0 radical (unpaired) electrons. The van der Waals surface area contributed by atoms with Crippen LogP contribution in [0.15, 0.2) is 42.7 Å². The molecule has 1 atom stereocenters. The van der Waals surface area contributed by atoms with Gasteiger partial charge in [0.25, 0.3) is 0 Å². The zero-order chi connectivity index (χ0) is 15.7. The van der Waals surface area contributed by atoms with Crippen molar-refractivity contribution in [1.29, 1.82) is 0 Å². The highest BCUT2D eigenvalue weighted by Gasteiger charge is 2.38. The number of aromatic nitrogens is 2. The van der Waals surface area contributed by atoms with E-state index in [-0.39, 0.29) is 17.6 Å². The molecular formula is C14H14N4O4. The summed E-state index contributed by atoms with van der Waals surface area (Å²) in [5.74, 6) is 0.0398. The Labute approximate surface area is 125 Å². The van der Waals surface area contributed by atoms with Gasteiger partial charge in [0, 0.05) is 19.0 Å². The lowest BCUT2D eigenvalue weighted by atomic mass is 9.87. The van der Waals surface area contributed by atoms with Gasteiger partial charge in [-0.2, -0.15) is 5.10 Å². The highest BCUT2D eigenvalue weighted by Crippen LogP contribution is 2.33. The molecule has 1 aromatic heterocycles. The zero-order valence-corrected chi connectivity index (χ0v) is 11.6. The maximum absolute atomic E-state index is 10.9. The van der Waals surface area contributed by atoms with Crippen molar-refractivity contribution in [2.45, 2.75) is 6.04 Å². The first-order chi connectivity index (χ1) is 10.6. The van der Waals surface area contributed by atoms with E-state index >= 15 is 0 Å². The second-order valence-electron chi connectivity index (χ2n) is 5.24. The number of amides is 1. The first-order valence-corrected chi connectivity index (χ1v) is 6.77. The van der Waals surface area contributed by atoms with Crippen molar-refractivity contribution >= 4 is 11.8 Å². The SMILES string of the molecule is O=C(O)N1CC([C@@H](c2ccccc2)n2cc([N+](=O)[O-])cn2)C1. The van der Waals surface area contributed by atoms with Gasteiger partial charge in [0.15, 0.2) is 0 Å². The maximum atomic E-state index is 10.9. The summed E-state index contributed by atoms with van der Waals surface area (Å²) >= 11 is 0. The Hall–Kier alpha value is -2.90. The predicted molar refractivity (Wildman–Crippen MR) is 76.6 cm³/mol. The molecular weight excluding hydrogens is 288 g/mol. The molecule has 3 rings (SSSR count). The van der Waals surface area contributed by atoms with Crippen molar-refractivity contribution in [2.75, 3.05) is 13.1 Å². The fraction of sp³-hybridized carbons (Fsp3) is 0.286. The van der Waals surface area contributed by atoms with Crippen LogP contribution in [-0.4, -0.2) is 43.9 Å². The lowest BCUT2D eigenvalue weighted by Crippen LogP contribution is -2.52. The Morgan fingerprint density at radius 3 is 2.59 bits per heavy atom. The zero-order valence-electron chi connectivity index (χ0n) is 11.6. The average Bonchev–Trinajstić information content (AvgIpc) is 2.92. The third-order valence-corrected chi connectivity index (χ3v) is 3.85. The summed E-state index contributed by atoms with van der Waals surface area (Å²) in [6.45, 7) is 0.783. The van der Waals surface area contributed by atoms with Gasteiger partial charge in [-0.25, -0.2) is 4.79 Å². The molecule has 1 N–H and O–H groups in total. The van der Waals surface area contributed by atoms with E-state index in [4.69, 9.17) is 5.11 Å². The molecule has 0 saturated carbocycles. The molecule has 8 nitrogen and oxygen atoms in total. The Bertz CT molecular complexity index is 694. The first kappa shape index (κ1) is 14.1. The number of rotatable bonds is 4. The van der Waals surface area contributed by atoms with Gasteiger partial charge in [-0.05, 0) is 5.56 Å². The van der Waals surface area contributed by atoms with Crippen molar-refractivity contribution in [3.8, 4) is 0 Å². The molecule has 8 heteroatoms. The second kappa shape index (κ2) is 5.47. The Morgan fingerprint density at radius 2 is 2.05 bits per heavy atom. The van der Waals surface area contributed by atoms with Crippen LogP contribution in [0.2, 0.25) is 0 Å². The standard InChI is InChI=1S/C14H14N4O4/c19-14(20)16-7-11(8-16)13(10-4-2-1-3-5-10)17-9-12(6-15-17)18(21)22/h1-6,9,11,13H,7-8H2,(H,19,20)/t13-/m1/s1. The normalized spacial score (nSPS) is 16.1. The minimum atomic E-state index is -0.950. The minimum absolute atomic E-state index is 0.0398. The van der Waals surface area contributed by atoms with Crippen LogP contribution in [0.1, 0.15) is 11.6 Å². The van der Waals surface area contributed by atoms with Crippen LogP contribution in [0.25, 0.3) is 0 Å². The summed E-state index contributed by atoms with van der Waals surface area (Å²) in [6, 6.07) is 9.27. The van der Waals surface area contributed by atoms with Crippen LogP contribution < -0.4 is 0 Å². The van der Waals surface area contributed by atoms with Crippen molar-refractivity contribution in [3.05, 3.63) is 58.4 Å². The van der Waals surface area contributed by atoms with E-state index in [2.05, 4.69) is 5.10 Å². The lowest BCUT2D eigenvalue weighted by molar-refractivity contribution is -0.385. The van der Waals surface area contributed by atoms with Gasteiger partial charge >= 0.3 is 11.8 Å². The van der Waals surface area contributed by atoms with Crippen LogP contribution in [0, 0.1) is 16.0 Å². The van der Waals surface area contributed by atoms with Crippen LogP contribution in [-0.2, 0) is 0 Å². The fourth-order valence-corrected chi connectivity index (χ4v) is 2.73. The molecule has 1 aliphatic rings. The highest BCUT2D eigenvalue weighted by molar-refractivity contribution is 5.66. The van der Waals surface area contributed by atoms with Gasteiger partial charge in [0.05, 0.1) is 11.0 Å². The number of hydrogen-bond donors (Lipinski definition) is 1. The van der Waals surface area contributed by atoms with E-state index in [1.165, 1.54) is 17.3 Å². The monoisotopic (exact) mass is 302 g/mol. The quantitative estimate of drug-likeness (QED) is 0.687. The van der Waals surface area contributed by atoms with Crippen molar-refractivity contribution in [1.82, 2.24) is 14.7 Å². The first-order valence-electron chi connectivity index (χ1n) is 6.77. The van der Waals surface area contributed by atoms with Gasteiger partial charge in [-0.3, -0.25) is 14.8 Å². The number of benzene rings is 1. The van der Waals surface area contributed by atoms with Crippen molar-refractivity contribution in [3.63, 3.8) is 0 Å². The molecule has 2 aromatic rings. The molecule has 0 bridgehead atoms. The van der Waals surface area contributed by atoms with Gasteiger partial charge in [0.1, 0.15) is 12.4 Å². The third-order valence-electron chi connectivity index (χ3n) is 3.85. The van der Waals surface area contributed by atoms with E-state index in [9.17, 15) is 14.9 Å².